The lowest BCUT2D eigenvalue weighted by molar-refractivity contribution is 0.678. The van der Waals surface area contributed by atoms with Gasteiger partial charge in [-0.25, -0.2) is 0 Å². The highest BCUT2D eigenvalue weighted by atomic mass is 15.1. The molecule has 16 heavy (non-hydrogen) atoms. The first kappa shape index (κ1) is 11.5. The minimum absolute atomic E-state index is 1.22. The molecule has 1 aliphatic rings. The van der Waals surface area contributed by atoms with Gasteiger partial charge in [-0.15, -0.1) is 0 Å². The summed E-state index contributed by atoms with van der Waals surface area (Å²) in [5.74, 6) is 0. The lowest BCUT2D eigenvalue weighted by Gasteiger charge is -2.24. The molecule has 0 aliphatic heterocycles. The third kappa shape index (κ3) is 2.78. The number of unbranched alkanes of at least 4 members (excludes halogenated alkanes) is 2. The summed E-state index contributed by atoms with van der Waals surface area (Å²) in [5, 5.41) is 0. The fourth-order valence-electron chi connectivity index (χ4n) is 2.15. The van der Waals surface area contributed by atoms with Crippen molar-refractivity contribution in [1.29, 1.82) is 0 Å². The predicted molar refractivity (Wildman–Crippen MR) is 71.3 cm³/mol. The SMILES string of the molecule is CCCCN(CCCC)c1ccc2c(c1)C2. The maximum absolute atomic E-state index is 2.56. The van der Waals surface area contributed by atoms with E-state index >= 15 is 0 Å². The molecule has 0 amide bonds. The molecule has 0 heterocycles. The van der Waals surface area contributed by atoms with Crippen LogP contribution in [0.2, 0.25) is 0 Å². The molecule has 0 radical (unpaired) electrons. The molecule has 1 aliphatic carbocycles. The molecule has 0 spiro atoms. The summed E-state index contributed by atoms with van der Waals surface area (Å²) in [6.45, 7) is 6.97. The number of anilines is 1. The zero-order valence-corrected chi connectivity index (χ0v) is 10.6. The van der Waals surface area contributed by atoms with E-state index in [9.17, 15) is 0 Å². The predicted octanol–water partition coefficient (Wildman–Crippen LogP) is 4.00. The van der Waals surface area contributed by atoms with Crippen molar-refractivity contribution in [2.75, 3.05) is 18.0 Å². The average Bonchev–Trinajstić information content (AvgIpc) is 3.07. The normalized spacial score (nSPS) is 12.4. The summed E-state index contributed by atoms with van der Waals surface area (Å²) >= 11 is 0. The molecule has 0 aromatic heterocycles. The van der Waals surface area contributed by atoms with Gasteiger partial charge in [0, 0.05) is 18.8 Å². The Labute approximate surface area is 99.5 Å². The van der Waals surface area contributed by atoms with Crippen molar-refractivity contribution in [3.8, 4) is 0 Å². The second-order valence-corrected chi connectivity index (χ2v) is 4.82. The highest BCUT2D eigenvalue weighted by molar-refractivity contribution is 5.58. The third-order valence-corrected chi connectivity index (χ3v) is 3.37. The van der Waals surface area contributed by atoms with Crippen molar-refractivity contribution < 1.29 is 0 Å². The first-order valence-corrected chi connectivity index (χ1v) is 6.72. The lowest BCUT2D eigenvalue weighted by atomic mass is 10.2. The molecule has 1 heteroatoms. The molecule has 0 N–H and O–H groups in total. The monoisotopic (exact) mass is 217 g/mol. The Morgan fingerprint density at radius 1 is 1.00 bits per heavy atom. The van der Waals surface area contributed by atoms with Gasteiger partial charge in [0.1, 0.15) is 0 Å². The van der Waals surface area contributed by atoms with Gasteiger partial charge in [-0.3, -0.25) is 0 Å². The van der Waals surface area contributed by atoms with Crippen molar-refractivity contribution in [2.24, 2.45) is 0 Å². The van der Waals surface area contributed by atoms with Crippen LogP contribution in [0.4, 0.5) is 5.69 Å². The van der Waals surface area contributed by atoms with Gasteiger partial charge in [-0.1, -0.05) is 32.8 Å². The molecule has 0 saturated carbocycles. The van der Waals surface area contributed by atoms with Gasteiger partial charge in [0.25, 0.3) is 0 Å². The fraction of sp³-hybridized carbons (Fsp3) is 0.600. The van der Waals surface area contributed by atoms with E-state index in [1.54, 1.807) is 11.1 Å². The molecule has 0 atom stereocenters. The van der Waals surface area contributed by atoms with Crippen LogP contribution in [-0.2, 0) is 6.42 Å². The van der Waals surface area contributed by atoms with Gasteiger partial charge in [0.15, 0.2) is 0 Å². The van der Waals surface area contributed by atoms with Crippen LogP contribution < -0.4 is 4.90 Å². The Hall–Kier alpha value is -0.980. The number of rotatable bonds is 7. The Balaban J connectivity index is 1.99. The highest BCUT2D eigenvalue weighted by Gasteiger charge is 2.17. The van der Waals surface area contributed by atoms with E-state index in [0.29, 0.717) is 0 Å². The van der Waals surface area contributed by atoms with Crippen LogP contribution in [0.25, 0.3) is 0 Å². The van der Waals surface area contributed by atoms with E-state index in [-0.39, 0.29) is 0 Å². The van der Waals surface area contributed by atoms with Crippen LogP contribution in [0.1, 0.15) is 50.7 Å². The van der Waals surface area contributed by atoms with Crippen LogP contribution in [-0.4, -0.2) is 13.1 Å². The summed E-state index contributed by atoms with van der Waals surface area (Å²) in [7, 11) is 0. The van der Waals surface area contributed by atoms with Crippen molar-refractivity contribution in [3.63, 3.8) is 0 Å². The molecular formula is C15H23N. The zero-order valence-electron chi connectivity index (χ0n) is 10.6. The van der Waals surface area contributed by atoms with Gasteiger partial charge in [0.05, 0.1) is 0 Å². The molecule has 2 rings (SSSR count). The van der Waals surface area contributed by atoms with Gasteiger partial charge < -0.3 is 4.90 Å². The summed E-state index contributed by atoms with van der Waals surface area (Å²) < 4.78 is 0. The van der Waals surface area contributed by atoms with E-state index in [1.807, 2.05) is 0 Å². The van der Waals surface area contributed by atoms with Crippen molar-refractivity contribution in [2.45, 2.75) is 46.0 Å². The zero-order chi connectivity index (χ0) is 11.4. The van der Waals surface area contributed by atoms with Gasteiger partial charge in [0.2, 0.25) is 0 Å². The number of hydrogen-bond acceptors (Lipinski definition) is 1. The molecule has 1 aromatic carbocycles. The molecule has 0 unspecified atom stereocenters. The van der Waals surface area contributed by atoms with Crippen LogP contribution in [0.5, 0.6) is 0 Å². The number of nitrogens with zero attached hydrogens (tertiary/aromatic N) is 1. The quantitative estimate of drug-likeness (QED) is 0.677. The summed E-state index contributed by atoms with van der Waals surface area (Å²) in [5.41, 5.74) is 4.56. The third-order valence-electron chi connectivity index (χ3n) is 3.37. The first-order chi connectivity index (χ1) is 7.85. The van der Waals surface area contributed by atoms with E-state index in [1.165, 1.54) is 50.9 Å². The molecule has 0 bridgehead atoms. The first-order valence-electron chi connectivity index (χ1n) is 6.72. The summed E-state index contributed by atoms with van der Waals surface area (Å²) in [6, 6.07) is 6.99. The molecule has 1 nitrogen and oxygen atoms in total. The largest absolute Gasteiger partial charge is 0.372 e. The summed E-state index contributed by atoms with van der Waals surface area (Å²) in [4.78, 5) is 2.56. The molecule has 1 aromatic rings. The van der Waals surface area contributed by atoms with Gasteiger partial charge >= 0.3 is 0 Å². The number of fused-ring (bicyclic) bond motifs is 1. The van der Waals surface area contributed by atoms with Gasteiger partial charge in [-0.05, 0) is 42.5 Å². The van der Waals surface area contributed by atoms with Crippen LogP contribution >= 0.6 is 0 Å². The lowest BCUT2D eigenvalue weighted by Crippen LogP contribution is -2.25. The van der Waals surface area contributed by atoms with E-state index in [0.717, 1.165) is 0 Å². The Morgan fingerprint density at radius 2 is 1.69 bits per heavy atom. The van der Waals surface area contributed by atoms with Gasteiger partial charge in [-0.2, -0.15) is 0 Å². The number of hydrogen-bond donors (Lipinski definition) is 0. The minimum Gasteiger partial charge on any atom is -0.372 e. The average molecular weight is 217 g/mol. The van der Waals surface area contributed by atoms with Crippen molar-refractivity contribution in [1.82, 2.24) is 0 Å². The Morgan fingerprint density at radius 3 is 2.25 bits per heavy atom. The smallest absolute Gasteiger partial charge is 0.0369 e. The maximum Gasteiger partial charge on any atom is 0.0369 e. The van der Waals surface area contributed by atoms with E-state index < -0.39 is 0 Å². The Bertz CT molecular complexity index is 335. The van der Waals surface area contributed by atoms with E-state index in [4.69, 9.17) is 0 Å². The molecular weight excluding hydrogens is 194 g/mol. The maximum atomic E-state index is 2.56. The van der Waals surface area contributed by atoms with Crippen LogP contribution in [0.15, 0.2) is 18.2 Å². The van der Waals surface area contributed by atoms with Crippen LogP contribution in [0, 0.1) is 0 Å². The number of benzene rings is 1. The molecule has 88 valence electrons. The second-order valence-electron chi connectivity index (χ2n) is 4.82. The fourth-order valence-corrected chi connectivity index (χ4v) is 2.15. The molecule has 0 fully saturated rings. The highest BCUT2D eigenvalue weighted by Crippen LogP contribution is 2.32. The second kappa shape index (κ2) is 5.38. The van der Waals surface area contributed by atoms with E-state index in [2.05, 4.69) is 36.9 Å². The van der Waals surface area contributed by atoms with Crippen LogP contribution in [0.3, 0.4) is 0 Å². The summed E-state index contributed by atoms with van der Waals surface area (Å²) in [6.07, 6.45) is 6.41. The minimum atomic E-state index is 1.22. The Kier molecular flexibility index (Phi) is 3.87. The van der Waals surface area contributed by atoms with Crippen molar-refractivity contribution >= 4 is 5.69 Å². The standard InChI is InChI=1S/C15H23N/c1-3-5-9-16(10-6-4-2)15-8-7-13-11-14(13)12-15/h7-8,12H,3-6,9-11H2,1-2H3. The molecule has 0 saturated heterocycles. The van der Waals surface area contributed by atoms with Crippen molar-refractivity contribution in [3.05, 3.63) is 29.3 Å². The topological polar surface area (TPSA) is 3.24 Å².